The monoisotopic (exact) mass is 570 g/mol. The van der Waals surface area contributed by atoms with Crippen LogP contribution in [-0.2, 0) is 22.2 Å². The van der Waals surface area contributed by atoms with Crippen molar-refractivity contribution in [2.24, 2.45) is 5.92 Å². The van der Waals surface area contributed by atoms with Crippen molar-refractivity contribution in [2.45, 2.75) is 76.9 Å². The third-order valence-corrected chi connectivity index (χ3v) is 7.90. The molecule has 8 nitrogen and oxygen atoms in total. The second-order valence-corrected chi connectivity index (χ2v) is 10.9. The number of aromatic nitrogens is 2. The van der Waals surface area contributed by atoms with Gasteiger partial charge in [0.2, 0.25) is 11.7 Å². The number of amides is 1. The summed E-state index contributed by atoms with van der Waals surface area (Å²) < 4.78 is 41.3. The van der Waals surface area contributed by atoms with Crippen molar-refractivity contribution in [3.63, 3.8) is 0 Å². The Kier molecular flexibility index (Phi) is 10.2. The zero-order valence-corrected chi connectivity index (χ0v) is 23.4. The van der Waals surface area contributed by atoms with E-state index >= 15 is 0 Å². The predicted molar refractivity (Wildman–Crippen MR) is 149 cm³/mol. The molecule has 2 fully saturated rings. The predicted octanol–water partition coefficient (Wildman–Crippen LogP) is 5.06. The minimum Gasteiger partial charge on any atom is -0.356 e. The molecule has 2 saturated heterocycles. The second-order valence-electron chi connectivity index (χ2n) is 10.9. The van der Waals surface area contributed by atoms with Crippen LogP contribution in [0.4, 0.5) is 24.8 Å². The lowest BCUT2D eigenvalue weighted by Gasteiger charge is -2.41. The highest BCUT2D eigenvalue weighted by Crippen LogP contribution is 2.34. The van der Waals surface area contributed by atoms with E-state index in [1.807, 2.05) is 24.0 Å². The summed E-state index contributed by atoms with van der Waals surface area (Å²) in [5.41, 5.74) is 1.53. The Bertz CT molecular complexity index is 1240. The number of rotatable bonds is 12. The van der Waals surface area contributed by atoms with Crippen LogP contribution in [0, 0.1) is 17.2 Å². The van der Waals surface area contributed by atoms with Crippen molar-refractivity contribution in [3.8, 4) is 6.07 Å². The van der Waals surface area contributed by atoms with E-state index in [4.69, 9.17) is 5.26 Å². The fourth-order valence-corrected chi connectivity index (χ4v) is 5.43. The quantitative estimate of drug-likeness (QED) is 0.381. The fraction of sp³-hybridized carbons (Fsp3) is 0.567. The summed E-state index contributed by atoms with van der Waals surface area (Å²) in [5.74, 6) is -0.382. The third-order valence-electron chi connectivity index (χ3n) is 7.90. The maximum atomic E-state index is 13.8. The van der Waals surface area contributed by atoms with Crippen molar-refractivity contribution in [1.29, 1.82) is 5.26 Å². The van der Waals surface area contributed by atoms with Gasteiger partial charge < -0.3 is 15.1 Å². The van der Waals surface area contributed by atoms with Crippen LogP contribution in [0.25, 0.3) is 0 Å². The zero-order chi connectivity index (χ0) is 29.4. The molecule has 11 heteroatoms. The van der Waals surface area contributed by atoms with Gasteiger partial charge in [-0.3, -0.25) is 9.59 Å². The molecule has 0 saturated carbocycles. The number of halogens is 3. The highest BCUT2D eigenvalue weighted by molar-refractivity contribution is 5.86. The van der Waals surface area contributed by atoms with Crippen LogP contribution in [0.2, 0.25) is 0 Å². The van der Waals surface area contributed by atoms with Gasteiger partial charge in [0, 0.05) is 45.1 Å². The molecule has 2 aromatic rings. The van der Waals surface area contributed by atoms with Crippen molar-refractivity contribution in [2.75, 3.05) is 36.0 Å². The molecule has 220 valence electrons. The Morgan fingerprint density at radius 2 is 1.76 bits per heavy atom. The van der Waals surface area contributed by atoms with Gasteiger partial charge in [0.25, 0.3) is 0 Å². The lowest BCUT2D eigenvalue weighted by Crippen LogP contribution is -2.57. The SMILES string of the molecule is CCCC(=O)CCCC1CCN(c2cc(N3CC[C@H]3C(=O)NCCc3ccc(C#N)cc3)nc(C(F)(F)F)n2)CC1. The van der Waals surface area contributed by atoms with Crippen molar-refractivity contribution < 1.29 is 22.8 Å². The van der Waals surface area contributed by atoms with Crippen LogP contribution in [0.1, 0.15) is 75.2 Å². The fourth-order valence-electron chi connectivity index (χ4n) is 5.43. The molecular weight excluding hydrogens is 533 g/mol. The topological polar surface area (TPSA) is 102 Å². The summed E-state index contributed by atoms with van der Waals surface area (Å²) in [5, 5.41) is 11.8. The van der Waals surface area contributed by atoms with E-state index in [2.05, 4.69) is 21.4 Å². The molecule has 2 aliphatic rings. The van der Waals surface area contributed by atoms with Gasteiger partial charge in [-0.1, -0.05) is 19.1 Å². The molecule has 1 N–H and O–H groups in total. The number of hydrogen-bond acceptors (Lipinski definition) is 7. The average molecular weight is 571 g/mol. The molecule has 4 rings (SSSR count). The van der Waals surface area contributed by atoms with E-state index in [0.717, 1.165) is 37.7 Å². The Hall–Kier alpha value is -3.68. The Morgan fingerprint density at radius 3 is 2.37 bits per heavy atom. The Labute approximate surface area is 238 Å². The molecule has 41 heavy (non-hydrogen) atoms. The summed E-state index contributed by atoms with van der Waals surface area (Å²) in [6.07, 6.45) is 1.92. The first kappa shape index (κ1) is 30.3. The van der Waals surface area contributed by atoms with Crippen LogP contribution < -0.4 is 15.1 Å². The normalized spacial score (nSPS) is 17.6. The van der Waals surface area contributed by atoms with E-state index in [1.54, 1.807) is 23.1 Å². The molecule has 0 unspecified atom stereocenters. The van der Waals surface area contributed by atoms with Gasteiger partial charge in [0.15, 0.2) is 0 Å². The number of nitrogens with one attached hydrogen (secondary N) is 1. The number of carbonyl (C=O) groups excluding carboxylic acids is 2. The third kappa shape index (κ3) is 8.18. The largest absolute Gasteiger partial charge is 0.451 e. The van der Waals surface area contributed by atoms with E-state index in [1.165, 1.54) is 0 Å². The Morgan fingerprint density at radius 1 is 1.05 bits per heavy atom. The highest BCUT2D eigenvalue weighted by Gasteiger charge is 2.40. The number of nitriles is 1. The van der Waals surface area contributed by atoms with E-state index in [-0.39, 0.29) is 17.5 Å². The van der Waals surface area contributed by atoms with Crippen LogP contribution in [0.15, 0.2) is 30.3 Å². The number of anilines is 2. The minimum atomic E-state index is -4.71. The maximum Gasteiger partial charge on any atom is 0.451 e. The van der Waals surface area contributed by atoms with Crippen molar-refractivity contribution in [3.05, 3.63) is 47.3 Å². The molecule has 1 aromatic carbocycles. The van der Waals surface area contributed by atoms with Gasteiger partial charge >= 0.3 is 6.18 Å². The van der Waals surface area contributed by atoms with E-state index in [0.29, 0.717) is 69.1 Å². The van der Waals surface area contributed by atoms with Gasteiger partial charge in [0.1, 0.15) is 23.5 Å². The molecule has 3 heterocycles. The van der Waals surface area contributed by atoms with Gasteiger partial charge in [-0.05, 0) is 68.6 Å². The van der Waals surface area contributed by atoms with Crippen molar-refractivity contribution in [1.82, 2.24) is 15.3 Å². The summed E-state index contributed by atoms with van der Waals surface area (Å²) in [6, 6.07) is 10.1. The zero-order valence-electron chi connectivity index (χ0n) is 23.4. The first-order valence-electron chi connectivity index (χ1n) is 14.4. The lowest BCUT2D eigenvalue weighted by molar-refractivity contribution is -0.144. The smallest absolute Gasteiger partial charge is 0.356 e. The second kappa shape index (κ2) is 13.8. The number of carbonyl (C=O) groups is 2. The molecule has 1 aromatic heterocycles. The summed E-state index contributed by atoms with van der Waals surface area (Å²) >= 11 is 0. The first-order valence-corrected chi connectivity index (χ1v) is 14.4. The average Bonchev–Trinajstić information content (AvgIpc) is 2.93. The van der Waals surface area contributed by atoms with E-state index < -0.39 is 18.0 Å². The van der Waals surface area contributed by atoms with Gasteiger partial charge in [-0.2, -0.15) is 18.4 Å². The lowest BCUT2D eigenvalue weighted by atomic mass is 9.91. The summed E-state index contributed by atoms with van der Waals surface area (Å²) in [7, 11) is 0. The number of alkyl halides is 3. The van der Waals surface area contributed by atoms with E-state index in [9.17, 15) is 22.8 Å². The first-order chi connectivity index (χ1) is 19.7. The van der Waals surface area contributed by atoms with Gasteiger partial charge in [-0.25, -0.2) is 9.97 Å². The van der Waals surface area contributed by atoms with Gasteiger partial charge in [0.05, 0.1) is 11.6 Å². The summed E-state index contributed by atoms with van der Waals surface area (Å²) in [4.78, 5) is 35.8. The van der Waals surface area contributed by atoms with Crippen molar-refractivity contribution >= 4 is 23.3 Å². The maximum absolute atomic E-state index is 13.8. The summed E-state index contributed by atoms with van der Waals surface area (Å²) in [6.45, 7) is 3.97. The van der Waals surface area contributed by atoms with Gasteiger partial charge in [-0.15, -0.1) is 0 Å². The number of ketones is 1. The molecule has 0 spiro atoms. The highest BCUT2D eigenvalue weighted by atomic mass is 19.4. The Balaban J connectivity index is 1.35. The molecule has 0 radical (unpaired) electrons. The van der Waals surface area contributed by atoms with Crippen LogP contribution in [-0.4, -0.2) is 53.9 Å². The molecular formula is C30H37F3N6O2. The number of benzene rings is 1. The minimum absolute atomic E-state index is 0.109. The molecule has 1 amide bonds. The molecule has 1 atom stereocenters. The number of piperidine rings is 1. The molecule has 2 aliphatic heterocycles. The number of hydrogen-bond donors (Lipinski definition) is 1. The van der Waals surface area contributed by atoms with Crippen LogP contribution >= 0.6 is 0 Å². The number of nitrogens with zero attached hydrogens (tertiary/aromatic N) is 5. The standard InChI is InChI=1S/C30H37F3N6O2/c1-2-4-24(40)6-3-5-21-12-16-38(17-13-21)26-19-27(37-29(36-26)30(31,32)33)39-18-14-25(39)28(41)35-15-11-22-7-9-23(20-34)10-8-22/h7-10,19,21,25H,2-6,11-18H2,1H3,(H,35,41)/t25-/m0/s1. The number of Topliss-reactive ketones (excluding diaryl/α,β-unsaturated/α-hetero) is 1. The molecule has 0 bridgehead atoms. The van der Waals surface area contributed by atoms with Crippen LogP contribution in [0.3, 0.4) is 0 Å². The van der Waals surface area contributed by atoms with Crippen LogP contribution in [0.5, 0.6) is 0 Å². The molecule has 0 aliphatic carbocycles.